The second kappa shape index (κ2) is 8.41. The van der Waals surface area contributed by atoms with Crippen LogP contribution in [-0.4, -0.2) is 28.4 Å². The molecule has 2 aromatic carbocycles. The number of rotatable bonds is 4. The number of hydrogen-bond donors (Lipinski definition) is 2. The van der Waals surface area contributed by atoms with Crippen LogP contribution in [-0.2, 0) is 13.0 Å². The molecule has 154 valence electrons. The topological polar surface area (TPSA) is 87.5 Å². The molecule has 3 amide bonds. The van der Waals surface area contributed by atoms with Gasteiger partial charge in [0.15, 0.2) is 12.1 Å². The number of oxazole rings is 1. The third-order valence-corrected chi connectivity index (χ3v) is 5.15. The molecule has 0 saturated carbocycles. The van der Waals surface area contributed by atoms with E-state index >= 15 is 0 Å². The Morgan fingerprint density at radius 1 is 1.07 bits per heavy atom. The number of aromatic nitrogens is 1. The fraction of sp³-hybridized carbons (Fsp3) is 0.261. The Morgan fingerprint density at radius 3 is 2.63 bits per heavy atom. The van der Waals surface area contributed by atoms with Crippen LogP contribution in [0.5, 0.6) is 0 Å². The van der Waals surface area contributed by atoms with Gasteiger partial charge in [-0.05, 0) is 35.7 Å². The molecule has 0 saturated heterocycles. The van der Waals surface area contributed by atoms with Gasteiger partial charge in [-0.3, -0.25) is 4.79 Å². The maximum absolute atomic E-state index is 13.0. The molecular weight excluding hydrogens is 380 g/mol. The van der Waals surface area contributed by atoms with Gasteiger partial charge >= 0.3 is 6.03 Å². The van der Waals surface area contributed by atoms with Crippen molar-refractivity contribution in [2.75, 3.05) is 17.2 Å². The molecule has 1 aromatic heterocycles. The van der Waals surface area contributed by atoms with E-state index in [2.05, 4.69) is 15.6 Å². The Kier molecular flexibility index (Phi) is 5.52. The van der Waals surface area contributed by atoms with Crippen molar-refractivity contribution < 1.29 is 14.0 Å². The molecule has 3 aromatic rings. The van der Waals surface area contributed by atoms with Crippen LogP contribution < -0.4 is 10.6 Å². The summed E-state index contributed by atoms with van der Waals surface area (Å²) in [4.78, 5) is 31.3. The summed E-state index contributed by atoms with van der Waals surface area (Å²) in [6.45, 7) is 4.96. The third kappa shape index (κ3) is 4.05. The number of carbonyl (C=O) groups is 2. The first-order valence-corrected chi connectivity index (χ1v) is 9.99. The highest BCUT2D eigenvalue weighted by Gasteiger charge is 2.28. The fourth-order valence-electron chi connectivity index (χ4n) is 3.68. The van der Waals surface area contributed by atoms with E-state index in [4.69, 9.17) is 4.42 Å². The van der Waals surface area contributed by atoms with Gasteiger partial charge in [0.1, 0.15) is 5.76 Å². The molecule has 2 heterocycles. The van der Waals surface area contributed by atoms with Gasteiger partial charge in [-0.1, -0.05) is 44.2 Å². The van der Waals surface area contributed by atoms with Gasteiger partial charge in [0.25, 0.3) is 5.91 Å². The Labute approximate surface area is 175 Å². The zero-order valence-corrected chi connectivity index (χ0v) is 17.0. The number of carbonyl (C=O) groups excluding carboxylic acids is 2. The van der Waals surface area contributed by atoms with E-state index in [0.717, 1.165) is 22.5 Å². The number of benzene rings is 2. The normalized spacial score (nSPS) is 13.1. The summed E-state index contributed by atoms with van der Waals surface area (Å²) in [7, 11) is 0. The van der Waals surface area contributed by atoms with Crippen molar-refractivity contribution in [2.45, 2.75) is 32.7 Å². The average Bonchev–Trinajstić information content (AvgIpc) is 3.24. The minimum Gasteiger partial charge on any atom is -0.447 e. The highest BCUT2D eigenvalue weighted by atomic mass is 16.3. The van der Waals surface area contributed by atoms with Gasteiger partial charge in [-0.2, -0.15) is 0 Å². The van der Waals surface area contributed by atoms with E-state index in [1.807, 2.05) is 62.4 Å². The number of nitrogens with zero attached hydrogens (tertiary/aromatic N) is 2. The summed E-state index contributed by atoms with van der Waals surface area (Å²) in [5.41, 5.74) is 3.93. The standard InChI is InChI=1S/C23H24N4O3/c1-15(2)21-20(24-14-30-21)22(28)27-12-11-18-16(13-27)7-6-10-19(18)26-23(29)25-17-8-4-3-5-9-17/h3-10,14-15H,11-13H2,1-2H3,(H2,25,26,29). The quantitative estimate of drug-likeness (QED) is 0.663. The Hall–Kier alpha value is -3.61. The van der Waals surface area contributed by atoms with E-state index in [1.165, 1.54) is 6.39 Å². The van der Waals surface area contributed by atoms with Crippen LogP contribution in [0.1, 0.15) is 47.1 Å². The van der Waals surface area contributed by atoms with Crippen LogP contribution in [0.2, 0.25) is 0 Å². The molecule has 0 atom stereocenters. The number of para-hydroxylation sites is 1. The molecule has 0 fully saturated rings. The van der Waals surface area contributed by atoms with Crippen molar-refractivity contribution in [2.24, 2.45) is 0 Å². The van der Waals surface area contributed by atoms with Gasteiger partial charge in [0.05, 0.1) is 0 Å². The van der Waals surface area contributed by atoms with Crippen molar-refractivity contribution in [1.82, 2.24) is 9.88 Å². The molecular formula is C23H24N4O3. The molecule has 0 bridgehead atoms. The molecule has 0 aliphatic carbocycles. The molecule has 7 heteroatoms. The maximum Gasteiger partial charge on any atom is 0.323 e. The first-order valence-electron chi connectivity index (χ1n) is 9.99. The van der Waals surface area contributed by atoms with Gasteiger partial charge in [-0.15, -0.1) is 0 Å². The van der Waals surface area contributed by atoms with Gasteiger partial charge in [0.2, 0.25) is 0 Å². The first-order chi connectivity index (χ1) is 14.5. The van der Waals surface area contributed by atoms with Crippen molar-refractivity contribution in [3.8, 4) is 0 Å². The lowest BCUT2D eigenvalue weighted by Crippen LogP contribution is -2.37. The predicted octanol–water partition coefficient (Wildman–Crippen LogP) is 4.64. The average molecular weight is 404 g/mol. The van der Waals surface area contributed by atoms with Crippen LogP contribution in [0.4, 0.5) is 16.2 Å². The van der Waals surface area contributed by atoms with E-state index in [9.17, 15) is 9.59 Å². The van der Waals surface area contributed by atoms with Crippen LogP contribution in [0.25, 0.3) is 0 Å². The fourth-order valence-corrected chi connectivity index (χ4v) is 3.68. The predicted molar refractivity (Wildman–Crippen MR) is 115 cm³/mol. The zero-order chi connectivity index (χ0) is 21.1. The number of anilines is 2. The number of hydrogen-bond acceptors (Lipinski definition) is 4. The van der Waals surface area contributed by atoms with Crippen molar-refractivity contribution in [3.63, 3.8) is 0 Å². The second-order valence-electron chi connectivity index (χ2n) is 7.59. The summed E-state index contributed by atoms with van der Waals surface area (Å²) in [6.07, 6.45) is 1.98. The minimum atomic E-state index is -0.294. The largest absolute Gasteiger partial charge is 0.447 e. The zero-order valence-electron chi connectivity index (χ0n) is 17.0. The van der Waals surface area contributed by atoms with E-state index in [0.29, 0.717) is 31.0 Å². The summed E-state index contributed by atoms with van der Waals surface area (Å²) in [6, 6.07) is 14.8. The molecule has 7 nitrogen and oxygen atoms in total. The summed E-state index contributed by atoms with van der Waals surface area (Å²) < 4.78 is 5.41. The summed E-state index contributed by atoms with van der Waals surface area (Å²) in [5.74, 6) is 0.569. The molecule has 0 unspecified atom stereocenters. The molecule has 1 aliphatic heterocycles. The van der Waals surface area contributed by atoms with Crippen molar-refractivity contribution >= 4 is 23.3 Å². The van der Waals surface area contributed by atoms with Gasteiger partial charge < -0.3 is 20.0 Å². The van der Waals surface area contributed by atoms with E-state index in [1.54, 1.807) is 4.90 Å². The molecule has 0 radical (unpaired) electrons. The maximum atomic E-state index is 13.0. The van der Waals surface area contributed by atoms with Crippen LogP contribution in [0.15, 0.2) is 59.3 Å². The first kappa shape index (κ1) is 19.7. The smallest absolute Gasteiger partial charge is 0.323 e. The number of urea groups is 1. The molecule has 1 aliphatic rings. The molecule has 0 spiro atoms. The van der Waals surface area contributed by atoms with E-state index < -0.39 is 0 Å². The van der Waals surface area contributed by atoms with Gasteiger partial charge in [-0.25, -0.2) is 9.78 Å². The van der Waals surface area contributed by atoms with Crippen LogP contribution in [0.3, 0.4) is 0 Å². The molecule has 30 heavy (non-hydrogen) atoms. The Morgan fingerprint density at radius 2 is 1.87 bits per heavy atom. The summed E-state index contributed by atoms with van der Waals surface area (Å²) >= 11 is 0. The lowest BCUT2D eigenvalue weighted by Gasteiger charge is -2.30. The van der Waals surface area contributed by atoms with Crippen LogP contribution >= 0.6 is 0 Å². The molecule has 2 N–H and O–H groups in total. The molecule has 4 rings (SSSR count). The van der Waals surface area contributed by atoms with Gasteiger partial charge in [0, 0.05) is 30.4 Å². The highest BCUT2D eigenvalue weighted by Crippen LogP contribution is 2.28. The second-order valence-corrected chi connectivity index (χ2v) is 7.59. The summed E-state index contributed by atoms with van der Waals surface area (Å²) in [5, 5.41) is 5.76. The Balaban J connectivity index is 1.48. The van der Waals surface area contributed by atoms with E-state index in [-0.39, 0.29) is 17.9 Å². The Bertz CT molecular complexity index is 1060. The number of amides is 3. The highest BCUT2D eigenvalue weighted by molar-refractivity contribution is 6.00. The SMILES string of the molecule is CC(C)c1ocnc1C(=O)N1CCc2c(cccc2NC(=O)Nc2ccccc2)C1. The van der Waals surface area contributed by atoms with Crippen LogP contribution in [0, 0.1) is 0 Å². The third-order valence-electron chi connectivity index (χ3n) is 5.15. The number of fused-ring (bicyclic) bond motifs is 1. The monoisotopic (exact) mass is 404 g/mol. The van der Waals surface area contributed by atoms with Crippen molar-refractivity contribution in [1.29, 1.82) is 0 Å². The number of nitrogens with one attached hydrogen (secondary N) is 2. The minimum absolute atomic E-state index is 0.0856. The lowest BCUT2D eigenvalue weighted by molar-refractivity contribution is 0.0726. The lowest BCUT2D eigenvalue weighted by atomic mass is 9.97. The van der Waals surface area contributed by atoms with Crippen molar-refractivity contribution in [3.05, 3.63) is 77.5 Å².